The van der Waals surface area contributed by atoms with Crippen LogP contribution in [0.25, 0.3) is 0 Å². The van der Waals surface area contributed by atoms with Gasteiger partial charge < -0.3 is 41.6 Å². The van der Waals surface area contributed by atoms with Crippen molar-refractivity contribution >= 4 is 29.9 Å². The Balaban J connectivity index is 1.61. The summed E-state index contributed by atoms with van der Waals surface area (Å²) in [4.78, 5) is 65.5. The third kappa shape index (κ3) is 12.5. The first-order valence-electron chi connectivity index (χ1n) is 17.9. The highest BCUT2D eigenvalue weighted by molar-refractivity contribution is 5.92. The van der Waals surface area contributed by atoms with Gasteiger partial charge >= 0.3 is 12.2 Å². The lowest BCUT2D eigenvalue weighted by atomic mass is 9.80. The third-order valence-corrected chi connectivity index (χ3v) is 9.54. The Morgan fingerprint density at radius 3 is 2.25 bits per heavy atom. The number of primary amides is 1. The minimum Gasteiger partial charge on any atom is -0.465 e. The van der Waals surface area contributed by atoms with Crippen molar-refractivity contribution in [2.24, 2.45) is 17.6 Å². The number of hydroxylamine groups is 2. The normalized spacial score (nSPS) is 20.8. The molecule has 2 fully saturated rings. The molecule has 0 unspecified atom stereocenters. The van der Waals surface area contributed by atoms with Gasteiger partial charge in [-0.25, -0.2) is 9.59 Å². The first-order valence-corrected chi connectivity index (χ1v) is 17.9. The van der Waals surface area contributed by atoms with E-state index in [1.807, 2.05) is 71.9 Å². The van der Waals surface area contributed by atoms with E-state index in [4.69, 9.17) is 10.5 Å². The maximum atomic E-state index is 14.0. The van der Waals surface area contributed by atoms with Crippen molar-refractivity contribution in [3.05, 3.63) is 48.0 Å². The van der Waals surface area contributed by atoms with Crippen molar-refractivity contribution in [1.29, 1.82) is 0 Å². The molecule has 2 heterocycles. The minimum atomic E-state index is -1.15. The predicted octanol–water partition coefficient (Wildman–Crippen LogP) is 3.96. The Morgan fingerprint density at radius 1 is 1.02 bits per heavy atom. The number of benzene rings is 1. The summed E-state index contributed by atoms with van der Waals surface area (Å²) in [5.74, 6) is -1.92. The van der Waals surface area contributed by atoms with E-state index < -0.39 is 65.2 Å². The Kier molecular flexibility index (Phi) is 14.9. The van der Waals surface area contributed by atoms with Gasteiger partial charge in [-0.3, -0.25) is 14.4 Å². The van der Waals surface area contributed by atoms with E-state index in [9.17, 15) is 34.3 Å². The van der Waals surface area contributed by atoms with Gasteiger partial charge in [-0.2, -0.15) is 5.06 Å². The molecule has 0 bridgehead atoms. The molecule has 2 saturated heterocycles. The SMILES string of the molecule is CC(C)C[C@@H](/C=C/[C@H](Cc1ccccc1)C(=O)N1CCC[C@H]1C(=O)N[C@@H](CCCNC(=O)OC1CC(C)(C)N(O)C(C)(C)C1)C(N)=O)NC(=O)O. The molecule has 14 heteroatoms. The molecule has 2 aliphatic heterocycles. The van der Waals surface area contributed by atoms with Gasteiger partial charge in [0.25, 0.3) is 0 Å². The lowest BCUT2D eigenvalue weighted by Crippen LogP contribution is -2.60. The molecule has 4 atom stereocenters. The molecule has 0 spiro atoms. The number of carbonyl (C=O) groups excluding carboxylic acids is 4. The second-order valence-corrected chi connectivity index (χ2v) is 15.5. The molecule has 7 N–H and O–H groups in total. The van der Waals surface area contributed by atoms with Crippen LogP contribution < -0.4 is 21.7 Å². The Labute approximate surface area is 301 Å². The molecular weight excluding hydrogens is 656 g/mol. The van der Waals surface area contributed by atoms with E-state index in [1.54, 1.807) is 12.2 Å². The van der Waals surface area contributed by atoms with E-state index in [0.29, 0.717) is 51.5 Å². The van der Waals surface area contributed by atoms with E-state index in [1.165, 1.54) is 9.96 Å². The van der Waals surface area contributed by atoms with Gasteiger partial charge in [-0.05, 0) is 77.7 Å². The molecule has 3 rings (SSSR count). The highest BCUT2D eigenvalue weighted by Crippen LogP contribution is 2.38. The Bertz CT molecular complexity index is 1370. The Morgan fingerprint density at radius 2 is 1.67 bits per heavy atom. The highest BCUT2D eigenvalue weighted by atomic mass is 16.6. The minimum absolute atomic E-state index is 0.165. The standard InChI is InChI=1S/C37H58N6O8/c1-24(2)20-27(40-34(47)48)17-16-26(21-25-12-8-7-9-13-25)33(46)42-19-11-15-30(42)32(45)41-29(31(38)44)14-10-18-39-35(49)51-28-22-36(3,4)43(50)37(5,6)23-28/h7-9,12-13,16-17,24,26-30,40,50H,10-11,14-15,18-23H2,1-6H3,(H2,38,44)(H,39,49)(H,41,45)(H,47,48)/b17-16+/t26-,27-,29+,30+/m1/s1. The van der Waals surface area contributed by atoms with Gasteiger partial charge in [0, 0.05) is 37.0 Å². The number of nitrogens with zero attached hydrogens (tertiary/aromatic N) is 2. The molecule has 14 nitrogen and oxygen atoms in total. The molecule has 51 heavy (non-hydrogen) atoms. The van der Waals surface area contributed by atoms with E-state index in [2.05, 4.69) is 16.0 Å². The van der Waals surface area contributed by atoms with Crippen molar-refractivity contribution in [2.45, 2.75) is 128 Å². The van der Waals surface area contributed by atoms with Crippen molar-refractivity contribution in [3.63, 3.8) is 0 Å². The maximum absolute atomic E-state index is 14.0. The molecule has 5 amide bonds. The number of amides is 5. The number of piperidine rings is 1. The first kappa shape index (κ1) is 41.3. The number of carbonyl (C=O) groups is 5. The third-order valence-electron chi connectivity index (χ3n) is 9.54. The zero-order chi connectivity index (χ0) is 37.9. The van der Waals surface area contributed by atoms with Gasteiger partial charge in [0.15, 0.2) is 0 Å². The molecule has 0 radical (unpaired) electrons. The average Bonchev–Trinajstić information content (AvgIpc) is 3.52. The summed E-state index contributed by atoms with van der Waals surface area (Å²) < 4.78 is 5.63. The molecule has 1 aromatic carbocycles. The van der Waals surface area contributed by atoms with Crippen LogP contribution in [0.3, 0.4) is 0 Å². The zero-order valence-corrected chi connectivity index (χ0v) is 30.9. The molecular formula is C37H58N6O8. The number of nitrogens with one attached hydrogen (secondary N) is 3. The van der Waals surface area contributed by atoms with Gasteiger partial charge in [-0.1, -0.05) is 56.3 Å². The molecule has 0 aromatic heterocycles. The summed E-state index contributed by atoms with van der Waals surface area (Å²) in [5, 5.41) is 29.1. The average molecular weight is 715 g/mol. The number of ether oxygens (including phenoxy) is 1. The lowest BCUT2D eigenvalue weighted by Gasteiger charge is -2.50. The van der Waals surface area contributed by atoms with Crippen molar-refractivity contribution in [2.75, 3.05) is 13.1 Å². The fraction of sp³-hybridized carbons (Fsp3) is 0.649. The fourth-order valence-electron chi connectivity index (χ4n) is 7.25. The summed E-state index contributed by atoms with van der Waals surface area (Å²) in [6.45, 7) is 12.0. The topological polar surface area (TPSA) is 204 Å². The van der Waals surface area contributed by atoms with Gasteiger partial charge in [-0.15, -0.1) is 0 Å². The van der Waals surface area contributed by atoms with Crippen LogP contribution in [0.4, 0.5) is 9.59 Å². The zero-order valence-electron chi connectivity index (χ0n) is 30.9. The van der Waals surface area contributed by atoms with Crippen LogP contribution >= 0.6 is 0 Å². The van der Waals surface area contributed by atoms with Crippen LogP contribution in [0.5, 0.6) is 0 Å². The fourth-order valence-corrected chi connectivity index (χ4v) is 7.25. The monoisotopic (exact) mass is 714 g/mol. The van der Waals surface area contributed by atoms with Gasteiger partial charge in [0.2, 0.25) is 17.7 Å². The second-order valence-electron chi connectivity index (χ2n) is 15.5. The van der Waals surface area contributed by atoms with Crippen LogP contribution in [-0.4, -0.2) is 98.6 Å². The van der Waals surface area contributed by atoms with E-state index in [-0.39, 0.29) is 24.8 Å². The van der Waals surface area contributed by atoms with Crippen LogP contribution in [0.1, 0.15) is 92.1 Å². The predicted molar refractivity (Wildman–Crippen MR) is 192 cm³/mol. The lowest BCUT2D eigenvalue weighted by molar-refractivity contribution is -0.256. The van der Waals surface area contributed by atoms with E-state index >= 15 is 0 Å². The molecule has 0 saturated carbocycles. The second kappa shape index (κ2) is 18.4. The molecule has 284 valence electrons. The molecule has 0 aliphatic carbocycles. The molecule has 2 aliphatic rings. The number of hydrogen-bond acceptors (Lipinski definition) is 8. The summed E-state index contributed by atoms with van der Waals surface area (Å²) in [7, 11) is 0. The largest absolute Gasteiger partial charge is 0.465 e. The number of nitrogens with two attached hydrogens (primary N) is 1. The van der Waals surface area contributed by atoms with Crippen molar-refractivity contribution < 1.29 is 39.0 Å². The number of alkyl carbamates (subject to hydrolysis) is 1. The van der Waals surface area contributed by atoms with Crippen molar-refractivity contribution in [3.8, 4) is 0 Å². The number of likely N-dealkylation sites (tertiary alicyclic amines) is 1. The Hall–Kier alpha value is -4.17. The highest BCUT2D eigenvalue weighted by Gasteiger charge is 2.46. The van der Waals surface area contributed by atoms with Crippen LogP contribution in [0.15, 0.2) is 42.5 Å². The summed E-state index contributed by atoms with van der Waals surface area (Å²) in [6.07, 6.45) is 4.63. The van der Waals surface area contributed by atoms with Crippen LogP contribution in [-0.2, 0) is 25.5 Å². The summed E-state index contributed by atoms with van der Waals surface area (Å²) >= 11 is 0. The smallest absolute Gasteiger partial charge is 0.407 e. The van der Waals surface area contributed by atoms with Crippen LogP contribution in [0.2, 0.25) is 0 Å². The van der Waals surface area contributed by atoms with Crippen LogP contribution in [0, 0.1) is 11.8 Å². The van der Waals surface area contributed by atoms with E-state index in [0.717, 1.165) is 5.56 Å². The van der Waals surface area contributed by atoms with Gasteiger partial charge in [0.05, 0.1) is 12.0 Å². The van der Waals surface area contributed by atoms with Gasteiger partial charge in [0.1, 0.15) is 18.2 Å². The number of carboxylic acid groups (broad SMARTS) is 1. The van der Waals surface area contributed by atoms with Crippen molar-refractivity contribution in [1.82, 2.24) is 25.9 Å². The summed E-state index contributed by atoms with van der Waals surface area (Å²) in [5.41, 5.74) is 5.42. The quantitative estimate of drug-likeness (QED) is 0.108. The first-order chi connectivity index (χ1) is 23.9. The number of rotatable bonds is 16. The maximum Gasteiger partial charge on any atom is 0.407 e. The number of hydrogen-bond donors (Lipinski definition) is 6. The molecule has 1 aromatic rings. The summed E-state index contributed by atoms with van der Waals surface area (Å²) in [6, 6.07) is 7.16.